The fraction of sp³-hybridized carbons (Fsp3) is 0.143. The maximum Gasteiger partial charge on any atom is 0.338 e. The molecular weight excluding hydrogens is 490 g/mol. The molecule has 2 aliphatic rings. The summed E-state index contributed by atoms with van der Waals surface area (Å²) in [6, 6.07) is 17.8. The topological polar surface area (TPSA) is 92.0 Å². The molecule has 0 bridgehead atoms. The number of hydrogen-bond acceptors (Lipinski definition) is 8. The Kier molecular flexibility index (Phi) is 5.90. The van der Waals surface area contributed by atoms with Gasteiger partial charge in [0, 0.05) is 18.0 Å². The summed E-state index contributed by atoms with van der Waals surface area (Å²) in [6.45, 7) is 2.05. The average molecular weight is 512 g/mol. The molecule has 4 heterocycles. The highest BCUT2D eigenvalue weighted by atomic mass is 32.1. The van der Waals surface area contributed by atoms with Gasteiger partial charge in [0.2, 0.25) is 6.79 Å². The number of ether oxygens (including phenoxy) is 3. The highest BCUT2D eigenvalue weighted by Gasteiger charge is 2.36. The molecule has 8 nitrogen and oxygen atoms in total. The number of fused-ring (bicyclic) bond motifs is 2. The highest BCUT2D eigenvalue weighted by Crippen LogP contribution is 2.39. The van der Waals surface area contributed by atoms with Crippen molar-refractivity contribution in [1.82, 2.24) is 9.55 Å². The van der Waals surface area contributed by atoms with E-state index in [2.05, 4.69) is 4.98 Å². The van der Waals surface area contributed by atoms with Crippen LogP contribution in [0.3, 0.4) is 0 Å². The third-order valence-corrected chi connectivity index (χ3v) is 7.07. The summed E-state index contributed by atoms with van der Waals surface area (Å²) < 4.78 is 18.7. The second-order valence-corrected chi connectivity index (χ2v) is 9.33. The van der Waals surface area contributed by atoms with Gasteiger partial charge in [0.15, 0.2) is 16.3 Å². The number of hydrogen-bond donors (Lipinski definition) is 0. The van der Waals surface area contributed by atoms with Crippen molar-refractivity contribution in [3.05, 3.63) is 115 Å². The van der Waals surface area contributed by atoms with E-state index in [1.807, 2.05) is 48.5 Å². The van der Waals surface area contributed by atoms with Crippen molar-refractivity contribution in [3.63, 3.8) is 0 Å². The fourth-order valence-corrected chi connectivity index (χ4v) is 5.45. The van der Waals surface area contributed by atoms with Crippen LogP contribution in [-0.2, 0) is 9.53 Å². The van der Waals surface area contributed by atoms with E-state index in [1.165, 1.54) is 11.3 Å². The smallest absolute Gasteiger partial charge is 0.338 e. The van der Waals surface area contributed by atoms with Crippen LogP contribution in [0.15, 0.2) is 88.4 Å². The fourth-order valence-electron chi connectivity index (χ4n) is 4.45. The van der Waals surface area contributed by atoms with Gasteiger partial charge in [0.05, 0.1) is 28.5 Å². The Labute approximate surface area is 215 Å². The average Bonchev–Trinajstić information content (AvgIpc) is 3.52. The Bertz CT molecular complexity index is 1710. The first kappa shape index (κ1) is 22.9. The predicted octanol–water partition coefficient (Wildman–Crippen LogP) is 3.06. The van der Waals surface area contributed by atoms with Gasteiger partial charge in [-0.15, -0.1) is 0 Å². The zero-order valence-corrected chi connectivity index (χ0v) is 20.6. The van der Waals surface area contributed by atoms with Crippen molar-refractivity contribution in [1.29, 1.82) is 0 Å². The van der Waals surface area contributed by atoms with Crippen molar-refractivity contribution in [2.75, 3.05) is 13.4 Å². The first-order valence-corrected chi connectivity index (χ1v) is 12.5. The third-order valence-electron chi connectivity index (χ3n) is 6.09. The number of rotatable bonds is 5. The minimum absolute atomic E-state index is 0.114. The molecule has 2 aromatic carbocycles. The Morgan fingerprint density at radius 1 is 1.11 bits per heavy atom. The standard InChI is InChI=1S/C28H21N3O5S/c1-2-34-27(33)23-24(18-6-4-3-5-7-18)30-28-31(25(23)19-8-9-20-21(15-19)36-16-35-20)26(32)22(37-28)14-17-10-12-29-13-11-17/h3-15,25H,2,16H2,1H3/b22-14-/t25-/m1/s1. The third kappa shape index (κ3) is 4.13. The Balaban J connectivity index is 1.66. The SMILES string of the molecule is CCOC(=O)C1=C(c2ccccc2)N=c2s/c(=C\c3ccncc3)c(=O)n2[C@@H]1c1ccc2c(c1)OCO2. The molecule has 0 saturated heterocycles. The van der Waals surface area contributed by atoms with Gasteiger partial charge in [-0.25, -0.2) is 9.79 Å². The van der Waals surface area contributed by atoms with E-state index in [9.17, 15) is 9.59 Å². The van der Waals surface area contributed by atoms with Crippen LogP contribution < -0.4 is 24.4 Å². The number of esters is 1. The molecule has 6 rings (SSSR count). The molecule has 2 aliphatic heterocycles. The van der Waals surface area contributed by atoms with Crippen molar-refractivity contribution < 1.29 is 19.0 Å². The molecule has 0 fully saturated rings. The molecule has 0 spiro atoms. The molecular formula is C28H21N3O5S. The molecule has 2 aromatic heterocycles. The summed E-state index contributed by atoms with van der Waals surface area (Å²) in [7, 11) is 0. The summed E-state index contributed by atoms with van der Waals surface area (Å²) in [5, 5.41) is 0. The van der Waals surface area contributed by atoms with Gasteiger partial charge in [0.25, 0.3) is 5.56 Å². The Hall–Kier alpha value is -4.50. The molecule has 0 amide bonds. The Morgan fingerprint density at radius 2 is 1.89 bits per heavy atom. The summed E-state index contributed by atoms with van der Waals surface area (Å²) in [6.07, 6.45) is 5.15. The van der Waals surface area contributed by atoms with Crippen LogP contribution >= 0.6 is 11.3 Å². The largest absolute Gasteiger partial charge is 0.463 e. The van der Waals surface area contributed by atoms with E-state index in [1.54, 1.807) is 42.1 Å². The summed E-state index contributed by atoms with van der Waals surface area (Å²) >= 11 is 1.27. The summed E-state index contributed by atoms with van der Waals surface area (Å²) in [4.78, 5) is 36.7. The molecule has 1 atom stereocenters. The van der Waals surface area contributed by atoms with Crippen LogP contribution in [0.25, 0.3) is 11.8 Å². The molecule has 37 heavy (non-hydrogen) atoms. The van der Waals surface area contributed by atoms with Gasteiger partial charge >= 0.3 is 5.97 Å². The molecule has 184 valence electrons. The maximum absolute atomic E-state index is 13.8. The number of nitrogens with zero attached hydrogens (tertiary/aromatic N) is 3. The van der Waals surface area contributed by atoms with Crippen LogP contribution in [0.5, 0.6) is 11.5 Å². The quantitative estimate of drug-likeness (QED) is 0.383. The van der Waals surface area contributed by atoms with Gasteiger partial charge < -0.3 is 14.2 Å². The number of carbonyl (C=O) groups is 1. The molecule has 0 radical (unpaired) electrons. The number of carbonyl (C=O) groups excluding carboxylic acids is 1. The van der Waals surface area contributed by atoms with Crippen LogP contribution in [0, 0.1) is 0 Å². The van der Waals surface area contributed by atoms with Gasteiger partial charge in [-0.1, -0.05) is 47.7 Å². The second kappa shape index (κ2) is 9.51. The summed E-state index contributed by atoms with van der Waals surface area (Å²) in [5.41, 5.74) is 2.79. The maximum atomic E-state index is 13.8. The molecule has 0 unspecified atom stereocenters. The normalized spacial score (nSPS) is 16.4. The minimum atomic E-state index is -0.778. The lowest BCUT2D eigenvalue weighted by Gasteiger charge is -2.26. The van der Waals surface area contributed by atoms with Crippen molar-refractivity contribution >= 4 is 29.1 Å². The second-order valence-electron chi connectivity index (χ2n) is 8.32. The molecule has 9 heteroatoms. The van der Waals surface area contributed by atoms with Crippen molar-refractivity contribution in [2.45, 2.75) is 13.0 Å². The van der Waals surface area contributed by atoms with E-state index in [4.69, 9.17) is 19.2 Å². The monoisotopic (exact) mass is 511 g/mol. The lowest BCUT2D eigenvalue weighted by molar-refractivity contribution is -0.138. The molecule has 0 N–H and O–H groups in total. The van der Waals surface area contributed by atoms with Crippen molar-refractivity contribution in [2.24, 2.45) is 4.99 Å². The van der Waals surface area contributed by atoms with Gasteiger partial charge in [-0.3, -0.25) is 14.3 Å². The lowest BCUT2D eigenvalue weighted by atomic mass is 9.93. The summed E-state index contributed by atoms with van der Waals surface area (Å²) in [5.74, 6) is 0.632. The van der Waals surface area contributed by atoms with E-state index in [-0.39, 0.29) is 24.5 Å². The number of aromatic nitrogens is 2. The van der Waals surface area contributed by atoms with Gasteiger partial charge in [-0.2, -0.15) is 0 Å². The van der Waals surface area contributed by atoms with Crippen LogP contribution in [0.1, 0.15) is 29.7 Å². The molecule has 0 aliphatic carbocycles. The van der Waals surface area contributed by atoms with Gasteiger partial charge in [-0.05, 0) is 48.4 Å². The van der Waals surface area contributed by atoms with E-state index < -0.39 is 12.0 Å². The number of pyridine rings is 1. The van der Waals surface area contributed by atoms with Crippen LogP contribution in [-0.4, -0.2) is 28.9 Å². The first-order valence-electron chi connectivity index (χ1n) is 11.7. The van der Waals surface area contributed by atoms with E-state index in [0.29, 0.717) is 32.1 Å². The Morgan fingerprint density at radius 3 is 2.68 bits per heavy atom. The van der Waals surface area contributed by atoms with Crippen LogP contribution in [0.4, 0.5) is 0 Å². The van der Waals surface area contributed by atoms with E-state index >= 15 is 0 Å². The minimum Gasteiger partial charge on any atom is -0.463 e. The zero-order chi connectivity index (χ0) is 25.4. The van der Waals surface area contributed by atoms with Crippen molar-refractivity contribution in [3.8, 4) is 11.5 Å². The lowest BCUT2D eigenvalue weighted by Crippen LogP contribution is -2.40. The van der Waals surface area contributed by atoms with E-state index in [0.717, 1.165) is 11.1 Å². The highest BCUT2D eigenvalue weighted by molar-refractivity contribution is 7.07. The number of thiazole rings is 1. The first-order chi connectivity index (χ1) is 18.1. The van der Waals surface area contributed by atoms with Crippen LogP contribution in [0.2, 0.25) is 0 Å². The van der Waals surface area contributed by atoms with Gasteiger partial charge in [0.1, 0.15) is 0 Å². The molecule has 4 aromatic rings. The molecule has 0 saturated carbocycles. The zero-order valence-electron chi connectivity index (χ0n) is 19.8. The number of benzene rings is 2. The predicted molar refractivity (Wildman–Crippen MR) is 138 cm³/mol.